The van der Waals surface area contributed by atoms with E-state index in [2.05, 4.69) is 27.3 Å². The zero-order valence-electron chi connectivity index (χ0n) is 13.1. The average Bonchev–Trinajstić information content (AvgIpc) is 3.01. The van der Waals surface area contributed by atoms with Crippen LogP contribution in [0.4, 0.5) is 0 Å². The lowest BCUT2D eigenvalue weighted by Crippen LogP contribution is -2.55. The van der Waals surface area contributed by atoms with Gasteiger partial charge in [0, 0.05) is 39.3 Å². The number of carbonyl (C=O) groups is 1. The molecule has 2 unspecified atom stereocenters. The quantitative estimate of drug-likeness (QED) is 0.811. The Morgan fingerprint density at radius 3 is 2.73 bits per heavy atom. The van der Waals surface area contributed by atoms with Gasteiger partial charge in [0.25, 0.3) is 5.91 Å². The maximum absolute atomic E-state index is 12.4. The van der Waals surface area contributed by atoms with E-state index in [0.717, 1.165) is 19.6 Å². The zero-order valence-corrected chi connectivity index (χ0v) is 13.1. The maximum atomic E-state index is 12.4. The molecule has 22 heavy (non-hydrogen) atoms. The number of carbonyl (C=O) groups excluding carboxylic acids is 1. The number of ether oxygens (including phenoxy) is 1. The van der Waals surface area contributed by atoms with E-state index in [9.17, 15) is 4.79 Å². The topological polar surface area (TPSA) is 83.7 Å². The van der Waals surface area contributed by atoms with E-state index in [1.54, 1.807) is 0 Å². The van der Waals surface area contributed by atoms with E-state index in [-0.39, 0.29) is 18.1 Å². The first-order valence-corrected chi connectivity index (χ1v) is 7.80. The number of nitrogens with zero attached hydrogens (tertiary/aromatic N) is 4. The fraction of sp³-hybridized carbons (Fsp3) is 0.786. The molecule has 2 aliphatic rings. The Morgan fingerprint density at radius 2 is 2.14 bits per heavy atom. The third kappa shape index (κ3) is 3.29. The number of piperazine rings is 1. The van der Waals surface area contributed by atoms with Gasteiger partial charge >= 0.3 is 0 Å². The molecule has 0 bridgehead atoms. The highest BCUT2D eigenvalue weighted by molar-refractivity contribution is 5.81. The summed E-state index contributed by atoms with van der Waals surface area (Å²) in [7, 11) is 0. The molecule has 8 heteroatoms. The fourth-order valence-electron chi connectivity index (χ4n) is 2.90. The Labute approximate surface area is 129 Å². The molecule has 1 aromatic heterocycles. The summed E-state index contributed by atoms with van der Waals surface area (Å²) in [6.45, 7) is 8.90. The smallest absolute Gasteiger partial charge is 0.253 e. The van der Waals surface area contributed by atoms with Gasteiger partial charge in [-0.25, -0.2) is 0 Å². The van der Waals surface area contributed by atoms with Crippen molar-refractivity contribution >= 4 is 5.91 Å². The van der Waals surface area contributed by atoms with E-state index < -0.39 is 0 Å². The predicted molar refractivity (Wildman–Crippen MR) is 78.2 cm³/mol. The van der Waals surface area contributed by atoms with E-state index in [1.165, 1.54) is 0 Å². The highest BCUT2D eigenvalue weighted by atomic mass is 16.5. The first-order valence-electron chi connectivity index (χ1n) is 7.80. The molecule has 2 aliphatic heterocycles. The van der Waals surface area contributed by atoms with Crippen molar-refractivity contribution in [2.24, 2.45) is 0 Å². The molecule has 2 fully saturated rings. The molecule has 1 amide bonds. The number of nitrogens with one attached hydrogen (secondary N) is 1. The lowest BCUT2D eigenvalue weighted by Gasteiger charge is -2.38. The molecule has 2 saturated heterocycles. The van der Waals surface area contributed by atoms with Crippen molar-refractivity contribution in [3.8, 4) is 0 Å². The summed E-state index contributed by atoms with van der Waals surface area (Å²) in [6.07, 6.45) is -0.337. The van der Waals surface area contributed by atoms with Gasteiger partial charge in [-0.2, -0.15) is 4.98 Å². The van der Waals surface area contributed by atoms with Crippen LogP contribution in [0.2, 0.25) is 0 Å². The summed E-state index contributed by atoms with van der Waals surface area (Å²) in [5.41, 5.74) is 0. The van der Waals surface area contributed by atoms with Gasteiger partial charge in [-0.1, -0.05) is 5.16 Å². The van der Waals surface area contributed by atoms with E-state index in [1.807, 2.05) is 11.8 Å². The molecule has 0 aromatic carbocycles. The van der Waals surface area contributed by atoms with Crippen molar-refractivity contribution in [1.82, 2.24) is 25.3 Å². The Morgan fingerprint density at radius 1 is 1.36 bits per heavy atom. The number of aromatic nitrogens is 2. The van der Waals surface area contributed by atoms with E-state index >= 15 is 0 Å². The van der Waals surface area contributed by atoms with Crippen molar-refractivity contribution in [3.05, 3.63) is 11.7 Å². The molecular weight excluding hydrogens is 286 g/mol. The van der Waals surface area contributed by atoms with Crippen molar-refractivity contribution in [2.45, 2.75) is 26.0 Å². The molecule has 2 atom stereocenters. The largest absolute Gasteiger partial charge is 0.366 e. The minimum absolute atomic E-state index is 0.0750. The second kappa shape index (κ2) is 6.72. The molecule has 1 N–H and O–H groups in total. The minimum Gasteiger partial charge on any atom is -0.366 e. The highest BCUT2D eigenvalue weighted by Crippen LogP contribution is 2.20. The molecule has 122 valence electrons. The van der Waals surface area contributed by atoms with Crippen LogP contribution in [-0.4, -0.2) is 77.8 Å². The van der Waals surface area contributed by atoms with Crippen LogP contribution in [0, 0.1) is 6.92 Å². The Balaban J connectivity index is 1.52. The lowest BCUT2D eigenvalue weighted by atomic mass is 10.2. The normalized spacial score (nSPS) is 25.2. The first-order chi connectivity index (χ1) is 10.6. The van der Waals surface area contributed by atoms with Gasteiger partial charge in [-0.05, 0) is 13.8 Å². The average molecular weight is 309 g/mol. The van der Waals surface area contributed by atoms with Crippen LogP contribution in [0.5, 0.6) is 0 Å². The molecule has 1 aromatic rings. The standard InChI is InChI=1S/C14H23N5O3/c1-10(13-16-11(2)17-22-13)18-4-6-19(7-5-18)14(20)12-9-15-3-8-21-12/h10,12,15H,3-9H2,1-2H3. The van der Waals surface area contributed by atoms with Crippen LogP contribution in [0.25, 0.3) is 0 Å². The van der Waals surface area contributed by atoms with Crippen molar-refractivity contribution in [1.29, 1.82) is 0 Å². The Hall–Kier alpha value is -1.51. The van der Waals surface area contributed by atoms with E-state index in [4.69, 9.17) is 9.26 Å². The molecule has 3 rings (SSSR count). The monoisotopic (exact) mass is 309 g/mol. The zero-order chi connectivity index (χ0) is 15.5. The molecule has 8 nitrogen and oxygen atoms in total. The van der Waals surface area contributed by atoms with Crippen LogP contribution in [0.15, 0.2) is 4.52 Å². The van der Waals surface area contributed by atoms with Crippen LogP contribution in [0.1, 0.15) is 24.7 Å². The molecule has 0 spiro atoms. The first kappa shape index (κ1) is 15.4. The van der Waals surface area contributed by atoms with Crippen molar-refractivity contribution < 1.29 is 14.1 Å². The third-order valence-corrected chi connectivity index (χ3v) is 4.28. The van der Waals surface area contributed by atoms with Crippen LogP contribution in [-0.2, 0) is 9.53 Å². The molecular formula is C14H23N5O3. The van der Waals surface area contributed by atoms with Gasteiger partial charge in [0.15, 0.2) is 5.82 Å². The SMILES string of the molecule is Cc1noc(C(C)N2CCN(C(=O)C3CNCCO3)CC2)n1. The summed E-state index contributed by atoms with van der Waals surface area (Å²) < 4.78 is 10.8. The summed E-state index contributed by atoms with van der Waals surface area (Å²) in [6, 6.07) is 0.0750. The van der Waals surface area contributed by atoms with Gasteiger partial charge in [0.1, 0.15) is 6.10 Å². The van der Waals surface area contributed by atoms with Crippen LogP contribution >= 0.6 is 0 Å². The van der Waals surface area contributed by atoms with Gasteiger partial charge in [0.05, 0.1) is 12.6 Å². The number of amides is 1. The third-order valence-electron chi connectivity index (χ3n) is 4.28. The molecule has 0 saturated carbocycles. The second-order valence-corrected chi connectivity index (χ2v) is 5.78. The summed E-state index contributed by atoms with van der Waals surface area (Å²) in [5.74, 6) is 1.38. The van der Waals surface area contributed by atoms with Crippen LogP contribution in [0.3, 0.4) is 0 Å². The summed E-state index contributed by atoms with van der Waals surface area (Å²) in [5, 5.41) is 7.03. The maximum Gasteiger partial charge on any atom is 0.253 e. The predicted octanol–water partition coefficient (Wildman–Crippen LogP) is -0.428. The minimum atomic E-state index is -0.337. The summed E-state index contributed by atoms with van der Waals surface area (Å²) >= 11 is 0. The Bertz CT molecular complexity index is 506. The molecule has 3 heterocycles. The summed E-state index contributed by atoms with van der Waals surface area (Å²) in [4.78, 5) is 20.8. The van der Waals surface area contributed by atoms with Gasteiger partial charge in [-0.15, -0.1) is 0 Å². The molecule has 0 radical (unpaired) electrons. The number of morpholine rings is 1. The van der Waals surface area contributed by atoms with Crippen molar-refractivity contribution in [2.75, 3.05) is 45.9 Å². The number of rotatable bonds is 3. The molecule has 0 aliphatic carbocycles. The van der Waals surface area contributed by atoms with Crippen molar-refractivity contribution in [3.63, 3.8) is 0 Å². The van der Waals surface area contributed by atoms with E-state index in [0.29, 0.717) is 38.0 Å². The second-order valence-electron chi connectivity index (χ2n) is 5.78. The van der Waals surface area contributed by atoms with Gasteiger partial charge < -0.3 is 19.5 Å². The van der Waals surface area contributed by atoms with Gasteiger partial charge in [0.2, 0.25) is 5.89 Å². The van der Waals surface area contributed by atoms with Gasteiger partial charge in [-0.3, -0.25) is 9.69 Å². The van der Waals surface area contributed by atoms with Crippen LogP contribution < -0.4 is 5.32 Å². The number of hydrogen-bond donors (Lipinski definition) is 1. The highest BCUT2D eigenvalue weighted by Gasteiger charge is 2.31. The fourth-order valence-corrected chi connectivity index (χ4v) is 2.90. The number of hydrogen-bond acceptors (Lipinski definition) is 7. The number of aryl methyl sites for hydroxylation is 1. The lowest BCUT2D eigenvalue weighted by molar-refractivity contribution is -0.147. The Kier molecular flexibility index (Phi) is 4.70.